The van der Waals surface area contributed by atoms with Gasteiger partial charge >= 0.3 is 0 Å². The highest BCUT2D eigenvalue weighted by molar-refractivity contribution is 5.98. The fraction of sp³-hybridized carbons (Fsp3) is 0.316. The number of carbonyl (C=O) groups is 1. The monoisotopic (exact) mass is 309 g/mol. The number of para-hydroxylation sites is 1. The first-order valence-corrected chi connectivity index (χ1v) is 8.06. The van der Waals surface area contributed by atoms with E-state index in [0.717, 1.165) is 19.5 Å². The van der Waals surface area contributed by atoms with E-state index >= 15 is 0 Å². The fourth-order valence-corrected chi connectivity index (χ4v) is 3.35. The molecular formula is C19H19NO3. The number of hydrogen-bond donors (Lipinski definition) is 0. The molecule has 0 spiro atoms. The molecule has 23 heavy (non-hydrogen) atoms. The van der Waals surface area contributed by atoms with Crippen molar-refractivity contribution < 1.29 is 14.3 Å². The van der Waals surface area contributed by atoms with Crippen LogP contribution in [0.3, 0.4) is 0 Å². The van der Waals surface area contributed by atoms with Gasteiger partial charge in [-0.2, -0.15) is 0 Å². The number of ether oxygens (including phenoxy) is 2. The predicted octanol–water partition coefficient (Wildman–Crippen LogP) is 3.09. The van der Waals surface area contributed by atoms with Crippen molar-refractivity contribution >= 4 is 5.91 Å². The molecule has 2 heterocycles. The molecule has 2 aromatic carbocycles. The van der Waals surface area contributed by atoms with E-state index in [1.54, 1.807) is 0 Å². The Morgan fingerprint density at radius 3 is 2.70 bits per heavy atom. The number of amides is 1. The van der Waals surface area contributed by atoms with Crippen molar-refractivity contribution in [1.82, 2.24) is 4.90 Å². The van der Waals surface area contributed by atoms with Gasteiger partial charge < -0.3 is 14.4 Å². The molecular weight excluding hydrogens is 290 g/mol. The van der Waals surface area contributed by atoms with E-state index in [-0.39, 0.29) is 5.91 Å². The lowest BCUT2D eigenvalue weighted by molar-refractivity contribution is 0.0780. The lowest BCUT2D eigenvalue weighted by atomic mass is 9.99. The average Bonchev–Trinajstić information content (AvgIpc) is 3.11. The minimum absolute atomic E-state index is 0.0331. The molecule has 2 aliphatic heterocycles. The summed E-state index contributed by atoms with van der Waals surface area (Å²) in [6.07, 6.45) is 1.00. The van der Waals surface area contributed by atoms with Gasteiger partial charge in [0.05, 0.1) is 5.56 Å². The first-order chi connectivity index (χ1) is 11.3. The molecule has 118 valence electrons. The van der Waals surface area contributed by atoms with Gasteiger partial charge in [0, 0.05) is 19.0 Å². The Morgan fingerprint density at radius 1 is 1.00 bits per heavy atom. The molecule has 4 rings (SSSR count). The van der Waals surface area contributed by atoms with Crippen molar-refractivity contribution in [1.29, 1.82) is 0 Å². The van der Waals surface area contributed by atoms with Crippen molar-refractivity contribution in [3.63, 3.8) is 0 Å². The van der Waals surface area contributed by atoms with Crippen LogP contribution in [0, 0.1) is 0 Å². The van der Waals surface area contributed by atoms with Gasteiger partial charge in [0.1, 0.15) is 13.2 Å². The molecule has 1 fully saturated rings. The van der Waals surface area contributed by atoms with Gasteiger partial charge in [0.15, 0.2) is 11.5 Å². The summed E-state index contributed by atoms with van der Waals surface area (Å²) in [4.78, 5) is 14.8. The zero-order chi connectivity index (χ0) is 15.6. The predicted molar refractivity (Wildman–Crippen MR) is 87.1 cm³/mol. The number of nitrogens with zero attached hydrogens (tertiary/aromatic N) is 1. The van der Waals surface area contributed by atoms with Crippen molar-refractivity contribution in [3.8, 4) is 11.5 Å². The highest BCUT2D eigenvalue weighted by Crippen LogP contribution is 2.36. The van der Waals surface area contributed by atoms with Crippen LogP contribution in [-0.2, 0) is 0 Å². The lowest BCUT2D eigenvalue weighted by Gasteiger charge is -2.23. The van der Waals surface area contributed by atoms with Crippen LogP contribution in [0.4, 0.5) is 0 Å². The topological polar surface area (TPSA) is 38.8 Å². The number of fused-ring (bicyclic) bond motifs is 1. The zero-order valence-corrected chi connectivity index (χ0v) is 12.9. The van der Waals surface area contributed by atoms with Crippen molar-refractivity contribution in [2.24, 2.45) is 0 Å². The Hall–Kier alpha value is -2.49. The van der Waals surface area contributed by atoms with Crippen LogP contribution in [0.1, 0.15) is 28.3 Å². The maximum Gasteiger partial charge on any atom is 0.257 e. The second-order valence-corrected chi connectivity index (χ2v) is 5.98. The molecule has 0 aliphatic carbocycles. The van der Waals surface area contributed by atoms with Gasteiger partial charge in [0.2, 0.25) is 0 Å². The maximum absolute atomic E-state index is 12.9. The van der Waals surface area contributed by atoms with Crippen LogP contribution in [0.15, 0.2) is 48.5 Å². The van der Waals surface area contributed by atoms with E-state index in [1.165, 1.54) is 5.56 Å². The Labute approximate surface area is 135 Å². The molecule has 4 heteroatoms. The number of hydrogen-bond acceptors (Lipinski definition) is 3. The molecule has 0 radical (unpaired) electrons. The standard InChI is InChI=1S/C19H19NO3/c21-19(16-7-4-8-17-18(16)23-12-11-22-17)20-10-9-15(13-20)14-5-2-1-3-6-14/h1-8,15H,9-13H2/t15-/m1/s1. The van der Waals surface area contributed by atoms with E-state index < -0.39 is 0 Å². The third-order valence-electron chi connectivity index (χ3n) is 4.54. The molecule has 0 aromatic heterocycles. The Kier molecular flexibility index (Phi) is 3.66. The summed E-state index contributed by atoms with van der Waals surface area (Å²) in [5.74, 6) is 1.70. The molecule has 0 saturated carbocycles. The zero-order valence-electron chi connectivity index (χ0n) is 12.9. The number of likely N-dealkylation sites (tertiary alicyclic amines) is 1. The molecule has 1 saturated heterocycles. The van der Waals surface area contributed by atoms with Gasteiger partial charge in [-0.3, -0.25) is 4.79 Å². The summed E-state index contributed by atoms with van der Waals surface area (Å²) < 4.78 is 11.2. The molecule has 0 bridgehead atoms. The summed E-state index contributed by atoms with van der Waals surface area (Å²) >= 11 is 0. The quantitative estimate of drug-likeness (QED) is 0.856. The van der Waals surface area contributed by atoms with Crippen LogP contribution in [-0.4, -0.2) is 37.1 Å². The lowest BCUT2D eigenvalue weighted by Crippen LogP contribution is -2.29. The van der Waals surface area contributed by atoms with Crippen LogP contribution in [0.5, 0.6) is 11.5 Å². The SMILES string of the molecule is O=C(c1cccc2c1OCCO2)N1CC[C@@H](c2ccccc2)C1. The minimum Gasteiger partial charge on any atom is -0.486 e. The van der Waals surface area contributed by atoms with Crippen LogP contribution in [0.25, 0.3) is 0 Å². The molecule has 0 N–H and O–H groups in total. The summed E-state index contributed by atoms with van der Waals surface area (Å²) in [7, 11) is 0. The Morgan fingerprint density at radius 2 is 1.83 bits per heavy atom. The van der Waals surface area contributed by atoms with E-state index in [1.807, 2.05) is 29.2 Å². The summed E-state index contributed by atoms with van der Waals surface area (Å²) in [6, 6.07) is 15.9. The Balaban J connectivity index is 1.55. The van der Waals surface area contributed by atoms with Crippen molar-refractivity contribution in [3.05, 3.63) is 59.7 Å². The Bertz CT molecular complexity index is 714. The van der Waals surface area contributed by atoms with Gasteiger partial charge in [-0.05, 0) is 24.1 Å². The first-order valence-electron chi connectivity index (χ1n) is 8.06. The third kappa shape index (κ3) is 2.65. The number of benzene rings is 2. The molecule has 2 aliphatic rings. The highest BCUT2D eigenvalue weighted by Gasteiger charge is 2.30. The fourth-order valence-electron chi connectivity index (χ4n) is 3.35. The van der Waals surface area contributed by atoms with E-state index in [9.17, 15) is 4.79 Å². The van der Waals surface area contributed by atoms with Crippen LogP contribution >= 0.6 is 0 Å². The maximum atomic E-state index is 12.9. The van der Waals surface area contributed by atoms with Crippen LogP contribution in [0.2, 0.25) is 0 Å². The molecule has 2 aromatic rings. The smallest absolute Gasteiger partial charge is 0.257 e. The van der Waals surface area contributed by atoms with Gasteiger partial charge in [-0.1, -0.05) is 36.4 Å². The molecule has 4 nitrogen and oxygen atoms in total. The molecule has 1 amide bonds. The van der Waals surface area contributed by atoms with E-state index in [2.05, 4.69) is 24.3 Å². The molecule has 0 unspecified atom stereocenters. The van der Waals surface area contributed by atoms with Gasteiger partial charge in [-0.15, -0.1) is 0 Å². The second-order valence-electron chi connectivity index (χ2n) is 5.98. The second kappa shape index (κ2) is 5.95. The van der Waals surface area contributed by atoms with Crippen molar-refractivity contribution in [2.75, 3.05) is 26.3 Å². The van der Waals surface area contributed by atoms with Crippen molar-refractivity contribution in [2.45, 2.75) is 12.3 Å². The summed E-state index contributed by atoms with van der Waals surface area (Å²) in [6.45, 7) is 2.56. The van der Waals surface area contributed by atoms with Crippen LogP contribution < -0.4 is 9.47 Å². The number of carbonyl (C=O) groups excluding carboxylic acids is 1. The summed E-state index contributed by atoms with van der Waals surface area (Å²) in [5, 5.41) is 0. The van der Waals surface area contributed by atoms with Gasteiger partial charge in [0.25, 0.3) is 5.91 Å². The minimum atomic E-state index is 0.0331. The van der Waals surface area contributed by atoms with E-state index in [4.69, 9.17) is 9.47 Å². The normalized spacial score (nSPS) is 19.7. The third-order valence-corrected chi connectivity index (χ3v) is 4.54. The number of rotatable bonds is 2. The largest absolute Gasteiger partial charge is 0.486 e. The van der Waals surface area contributed by atoms with E-state index in [0.29, 0.717) is 36.2 Å². The molecule has 1 atom stereocenters. The van der Waals surface area contributed by atoms with Gasteiger partial charge in [-0.25, -0.2) is 0 Å². The summed E-state index contributed by atoms with van der Waals surface area (Å²) in [5.41, 5.74) is 1.91. The highest BCUT2D eigenvalue weighted by atomic mass is 16.6. The first kappa shape index (κ1) is 14.1. The average molecular weight is 309 g/mol.